The first-order valence-corrected chi connectivity index (χ1v) is 7.65. The van der Waals surface area contributed by atoms with Gasteiger partial charge in [0.05, 0.1) is 10.9 Å². The average molecular weight is 338 g/mol. The van der Waals surface area contributed by atoms with Gasteiger partial charge in [-0.05, 0) is 18.6 Å². The van der Waals surface area contributed by atoms with Crippen LogP contribution in [0.4, 0.5) is 13.2 Å². The van der Waals surface area contributed by atoms with Crippen molar-refractivity contribution in [1.29, 1.82) is 0 Å². The molecule has 4 nitrogen and oxygen atoms in total. The highest BCUT2D eigenvalue weighted by atomic mass is 35.5. The molecule has 0 aliphatic heterocycles. The molecule has 1 rings (SSSR count). The third-order valence-electron chi connectivity index (χ3n) is 2.13. The van der Waals surface area contributed by atoms with Gasteiger partial charge in [0.25, 0.3) is 10.0 Å². The van der Waals surface area contributed by atoms with Gasteiger partial charge in [0.15, 0.2) is 0 Å². The van der Waals surface area contributed by atoms with Crippen molar-refractivity contribution >= 4 is 33.0 Å². The van der Waals surface area contributed by atoms with Gasteiger partial charge >= 0.3 is 6.18 Å². The molecule has 0 spiro atoms. The second-order valence-corrected chi connectivity index (χ2v) is 7.52. The van der Waals surface area contributed by atoms with Crippen LogP contribution in [0.25, 0.3) is 0 Å². The number of hydrogen-bond donors (Lipinski definition) is 1. The summed E-state index contributed by atoms with van der Waals surface area (Å²) in [7, 11) is -4.31. The third-order valence-corrected chi connectivity index (χ3v) is 5.98. The summed E-state index contributed by atoms with van der Waals surface area (Å²) in [5, 5.41) is 8.71. The van der Waals surface area contributed by atoms with E-state index in [2.05, 4.69) is 0 Å². The lowest BCUT2D eigenvalue weighted by atomic mass is 10.4. The maximum absolute atomic E-state index is 12.3. The molecule has 0 aliphatic carbocycles. The van der Waals surface area contributed by atoms with Gasteiger partial charge in [-0.2, -0.15) is 17.5 Å². The van der Waals surface area contributed by atoms with Crippen LogP contribution in [0.1, 0.15) is 5.56 Å². The average Bonchev–Trinajstić information content (AvgIpc) is 2.57. The normalized spacial score (nSPS) is 13.2. The molecule has 0 aromatic carbocycles. The molecule has 110 valence electrons. The van der Waals surface area contributed by atoms with Crippen molar-refractivity contribution in [2.75, 3.05) is 19.7 Å². The maximum atomic E-state index is 12.3. The fraction of sp³-hybridized carbons (Fsp3) is 0.556. The molecule has 0 fully saturated rings. The van der Waals surface area contributed by atoms with E-state index >= 15 is 0 Å². The Labute approximate surface area is 117 Å². The van der Waals surface area contributed by atoms with Crippen molar-refractivity contribution in [2.24, 2.45) is 0 Å². The summed E-state index contributed by atoms with van der Waals surface area (Å²) >= 11 is 6.40. The molecule has 0 saturated heterocycles. The highest BCUT2D eigenvalue weighted by Crippen LogP contribution is 2.32. The molecule has 10 heteroatoms. The van der Waals surface area contributed by atoms with Gasteiger partial charge < -0.3 is 5.11 Å². The molecule has 19 heavy (non-hydrogen) atoms. The molecule has 0 aliphatic rings. The summed E-state index contributed by atoms with van der Waals surface area (Å²) in [5.41, 5.74) is 0.473. The quantitative estimate of drug-likeness (QED) is 0.896. The van der Waals surface area contributed by atoms with Crippen LogP contribution in [0.2, 0.25) is 4.34 Å². The zero-order chi connectivity index (χ0) is 14.8. The Bertz CT molecular complexity index is 522. The number of halogens is 4. The molecule has 0 bridgehead atoms. The fourth-order valence-electron chi connectivity index (χ4n) is 1.28. The van der Waals surface area contributed by atoms with Crippen LogP contribution in [-0.4, -0.2) is 43.7 Å². The molecule has 1 N–H and O–H groups in total. The van der Waals surface area contributed by atoms with Gasteiger partial charge in [0, 0.05) is 6.54 Å². The number of rotatable bonds is 5. The Morgan fingerprint density at radius 3 is 2.42 bits per heavy atom. The van der Waals surface area contributed by atoms with Crippen molar-refractivity contribution in [1.82, 2.24) is 4.31 Å². The smallest absolute Gasteiger partial charge is 0.395 e. The topological polar surface area (TPSA) is 57.6 Å². The van der Waals surface area contributed by atoms with E-state index in [1.54, 1.807) is 6.92 Å². The molecule has 0 amide bonds. The molecular formula is C9H11ClF3NO3S2. The molecular weight excluding hydrogens is 327 g/mol. The van der Waals surface area contributed by atoms with Crippen LogP contribution in [0.15, 0.2) is 10.3 Å². The van der Waals surface area contributed by atoms with Crippen LogP contribution in [0, 0.1) is 6.92 Å². The van der Waals surface area contributed by atoms with Crippen molar-refractivity contribution in [3.8, 4) is 0 Å². The molecule has 0 saturated carbocycles. The largest absolute Gasteiger partial charge is 0.402 e. The summed E-state index contributed by atoms with van der Waals surface area (Å²) < 4.78 is 61.2. The number of alkyl halides is 3. The Balaban J connectivity index is 3.12. The van der Waals surface area contributed by atoms with E-state index in [0.29, 0.717) is 16.9 Å². The minimum atomic E-state index is -4.68. The Hall–Kier alpha value is -0.350. The number of hydrogen-bond acceptors (Lipinski definition) is 4. The summed E-state index contributed by atoms with van der Waals surface area (Å²) in [5.74, 6) is 0. The van der Waals surface area contributed by atoms with Crippen LogP contribution in [-0.2, 0) is 10.0 Å². The predicted octanol–water partition coefficient (Wildman–Crippen LogP) is 2.26. The Kier molecular flexibility index (Phi) is 5.24. The van der Waals surface area contributed by atoms with E-state index in [1.165, 1.54) is 6.07 Å². The summed E-state index contributed by atoms with van der Waals surface area (Å²) in [6.07, 6.45) is -4.68. The van der Waals surface area contributed by atoms with Gasteiger partial charge in [0.1, 0.15) is 10.8 Å². The number of thiophene rings is 1. The van der Waals surface area contributed by atoms with Gasteiger partial charge in [0.2, 0.25) is 0 Å². The number of aryl methyl sites for hydroxylation is 1. The van der Waals surface area contributed by atoms with Crippen molar-refractivity contribution < 1.29 is 26.7 Å². The van der Waals surface area contributed by atoms with Crippen molar-refractivity contribution in [2.45, 2.75) is 17.3 Å². The minimum absolute atomic E-state index is 0.189. The zero-order valence-corrected chi connectivity index (χ0v) is 12.1. The highest BCUT2D eigenvalue weighted by molar-refractivity contribution is 7.91. The predicted molar refractivity (Wildman–Crippen MR) is 66.0 cm³/mol. The van der Waals surface area contributed by atoms with E-state index in [9.17, 15) is 21.6 Å². The standard InChI is InChI=1S/C9H11ClF3NO3S2/c1-6-4-7(18-8(6)10)19(16,17)14(2-3-15)5-9(11,12)13/h4,15H,2-3,5H2,1H3. The second kappa shape index (κ2) is 5.96. The number of aliphatic hydroxyl groups excluding tert-OH is 1. The number of sulfonamides is 1. The zero-order valence-electron chi connectivity index (χ0n) is 9.74. The number of aliphatic hydroxyl groups is 1. The maximum Gasteiger partial charge on any atom is 0.402 e. The van der Waals surface area contributed by atoms with Crippen LogP contribution < -0.4 is 0 Å². The lowest BCUT2D eigenvalue weighted by molar-refractivity contribution is -0.136. The van der Waals surface area contributed by atoms with Crippen LogP contribution >= 0.6 is 22.9 Å². The number of nitrogens with zero attached hydrogens (tertiary/aromatic N) is 1. The first-order chi connectivity index (χ1) is 8.58. The SMILES string of the molecule is Cc1cc(S(=O)(=O)N(CCO)CC(F)(F)F)sc1Cl. The van der Waals surface area contributed by atoms with Gasteiger partial charge in [-0.15, -0.1) is 11.3 Å². The van der Waals surface area contributed by atoms with E-state index in [1.807, 2.05) is 0 Å². The summed E-state index contributed by atoms with van der Waals surface area (Å²) in [4.78, 5) is 0. The van der Waals surface area contributed by atoms with Crippen molar-refractivity contribution in [3.05, 3.63) is 16.0 Å². The van der Waals surface area contributed by atoms with E-state index < -0.39 is 35.9 Å². The second-order valence-electron chi connectivity index (χ2n) is 3.70. The first kappa shape index (κ1) is 16.7. The molecule has 0 unspecified atom stereocenters. The molecule has 1 heterocycles. The monoisotopic (exact) mass is 337 g/mol. The molecule has 1 aromatic rings. The van der Waals surface area contributed by atoms with Crippen LogP contribution in [0.3, 0.4) is 0 Å². The van der Waals surface area contributed by atoms with Gasteiger partial charge in [-0.3, -0.25) is 0 Å². The summed E-state index contributed by atoms with van der Waals surface area (Å²) in [6.45, 7) is -1.42. The molecule has 0 atom stereocenters. The highest BCUT2D eigenvalue weighted by Gasteiger charge is 2.37. The third kappa shape index (κ3) is 4.32. The lowest BCUT2D eigenvalue weighted by Crippen LogP contribution is -2.40. The fourth-order valence-corrected chi connectivity index (χ4v) is 4.56. The Morgan fingerprint density at radius 1 is 1.47 bits per heavy atom. The first-order valence-electron chi connectivity index (χ1n) is 5.01. The van der Waals surface area contributed by atoms with Gasteiger partial charge in [-0.1, -0.05) is 11.6 Å². The lowest BCUT2D eigenvalue weighted by Gasteiger charge is -2.21. The van der Waals surface area contributed by atoms with E-state index in [-0.39, 0.29) is 12.9 Å². The molecule has 1 aromatic heterocycles. The summed E-state index contributed by atoms with van der Waals surface area (Å²) in [6, 6.07) is 1.21. The van der Waals surface area contributed by atoms with Gasteiger partial charge in [-0.25, -0.2) is 8.42 Å². The van der Waals surface area contributed by atoms with Crippen LogP contribution in [0.5, 0.6) is 0 Å². The van der Waals surface area contributed by atoms with Crippen molar-refractivity contribution in [3.63, 3.8) is 0 Å². The van der Waals surface area contributed by atoms with E-state index in [0.717, 1.165) is 0 Å². The molecule has 0 radical (unpaired) electrons. The Morgan fingerprint density at radius 2 is 2.05 bits per heavy atom. The van der Waals surface area contributed by atoms with E-state index in [4.69, 9.17) is 16.7 Å². The minimum Gasteiger partial charge on any atom is -0.395 e.